The second-order valence-corrected chi connectivity index (χ2v) is 3.78. The Labute approximate surface area is 105 Å². The number of para-hydroxylation sites is 2. The third-order valence-electron chi connectivity index (χ3n) is 2.56. The summed E-state index contributed by atoms with van der Waals surface area (Å²) in [5.74, 6) is -0.276. The number of carbonyl (C=O) groups excluding carboxylic acids is 1. The summed E-state index contributed by atoms with van der Waals surface area (Å²) >= 11 is 0. The zero-order valence-electron chi connectivity index (χ0n) is 10.5. The molecular formula is C13H16N2O3. The van der Waals surface area contributed by atoms with Crippen LogP contribution in [-0.4, -0.2) is 30.6 Å². The van der Waals surface area contributed by atoms with Crippen LogP contribution in [0.1, 0.15) is 13.8 Å². The van der Waals surface area contributed by atoms with Crippen molar-refractivity contribution in [3.8, 4) is 0 Å². The summed E-state index contributed by atoms with van der Waals surface area (Å²) in [5, 5.41) is 0. The average Bonchev–Trinajstić information content (AvgIpc) is 2.79. The molecule has 2 rings (SSSR count). The molecule has 1 aromatic carbocycles. The summed E-state index contributed by atoms with van der Waals surface area (Å²) in [5.41, 5.74) is 1.50. The largest absolute Gasteiger partial charge is 0.465 e. The van der Waals surface area contributed by atoms with Crippen molar-refractivity contribution in [1.29, 1.82) is 0 Å². The third kappa shape index (κ3) is 2.61. The van der Waals surface area contributed by atoms with Gasteiger partial charge in [0.15, 0.2) is 5.58 Å². The maximum Gasteiger partial charge on any atom is 0.325 e. The van der Waals surface area contributed by atoms with Gasteiger partial charge in [-0.1, -0.05) is 12.1 Å². The minimum Gasteiger partial charge on any atom is -0.465 e. The van der Waals surface area contributed by atoms with Crippen LogP contribution in [0.5, 0.6) is 0 Å². The van der Waals surface area contributed by atoms with Crippen molar-refractivity contribution in [2.75, 3.05) is 24.6 Å². The quantitative estimate of drug-likeness (QED) is 0.759. The number of nitrogens with zero attached hydrogens (tertiary/aromatic N) is 2. The molecule has 1 aromatic heterocycles. The topological polar surface area (TPSA) is 55.6 Å². The molecule has 0 aliphatic rings. The number of carbonyl (C=O) groups is 1. The van der Waals surface area contributed by atoms with Gasteiger partial charge in [0.1, 0.15) is 12.1 Å². The molecule has 0 bridgehead atoms. The van der Waals surface area contributed by atoms with Crippen LogP contribution >= 0.6 is 0 Å². The highest BCUT2D eigenvalue weighted by molar-refractivity contribution is 5.77. The molecule has 0 unspecified atom stereocenters. The van der Waals surface area contributed by atoms with E-state index in [4.69, 9.17) is 9.15 Å². The van der Waals surface area contributed by atoms with E-state index in [-0.39, 0.29) is 12.5 Å². The van der Waals surface area contributed by atoms with E-state index in [2.05, 4.69) is 4.98 Å². The lowest BCUT2D eigenvalue weighted by Gasteiger charge is -2.16. The summed E-state index contributed by atoms with van der Waals surface area (Å²) in [6, 6.07) is 7.96. The molecule has 0 saturated carbocycles. The first-order valence-electron chi connectivity index (χ1n) is 6.00. The predicted molar refractivity (Wildman–Crippen MR) is 68.5 cm³/mol. The Balaban J connectivity index is 2.18. The Morgan fingerprint density at radius 1 is 1.39 bits per heavy atom. The molecule has 96 valence electrons. The highest BCUT2D eigenvalue weighted by Gasteiger charge is 2.16. The van der Waals surface area contributed by atoms with Crippen LogP contribution in [0.15, 0.2) is 28.7 Å². The Hall–Kier alpha value is -2.04. The number of likely N-dealkylation sites (N-methyl/N-ethyl adjacent to an activating group) is 1. The average molecular weight is 248 g/mol. The molecule has 0 aliphatic heterocycles. The summed E-state index contributed by atoms with van der Waals surface area (Å²) in [7, 11) is 0. The van der Waals surface area contributed by atoms with Crippen molar-refractivity contribution in [1.82, 2.24) is 4.98 Å². The zero-order chi connectivity index (χ0) is 13.0. The molecule has 18 heavy (non-hydrogen) atoms. The summed E-state index contributed by atoms with van der Waals surface area (Å²) in [6.07, 6.45) is 0. The van der Waals surface area contributed by atoms with E-state index in [1.165, 1.54) is 0 Å². The van der Waals surface area contributed by atoms with E-state index in [1.807, 2.05) is 31.2 Å². The minimum atomic E-state index is -0.276. The van der Waals surface area contributed by atoms with E-state index >= 15 is 0 Å². The first-order chi connectivity index (χ1) is 8.74. The molecule has 0 N–H and O–H groups in total. The normalized spacial score (nSPS) is 10.6. The highest BCUT2D eigenvalue weighted by atomic mass is 16.5. The fourth-order valence-corrected chi connectivity index (χ4v) is 1.67. The molecule has 2 aromatic rings. The van der Waals surface area contributed by atoms with Gasteiger partial charge in [-0.15, -0.1) is 0 Å². The van der Waals surface area contributed by atoms with Crippen molar-refractivity contribution in [2.24, 2.45) is 0 Å². The fourth-order valence-electron chi connectivity index (χ4n) is 1.67. The molecule has 1 heterocycles. The molecule has 0 radical (unpaired) electrons. The molecule has 5 heteroatoms. The van der Waals surface area contributed by atoms with Crippen molar-refractivity contribution in [3.05, 3.63) is 24.3 Å². The molecule has 0 atom stereocenters. The van der Waals surface area contributed by atoms with Crippen LogP contribution in [0.25, 0.3) is 11.1 Å². The van der Waals surface area contributed by atoms with Crippen molar-refractivity contribution in [3.63, 3.8) is 0 Å². The predicted octanol–water partition coefficient (Wildman–Crippen LogP) is 2.22. The van der Waals surface area contributed by atoms with Crippen molar-refractivity contribution >= 4 is 23.1 Å². The second-order valence-electron chi connectivity index (χ2n) is 3.78. The second kappa shape index (κ2) is 5.53. The molecule has 0 saturated heterocycles. The maximum atomic E-state index is 11.5. The van der Waals surface area contributed by atoms with Crippen LogP contribution < -0.4 is 4.90 Å². The van der Waals surface area contributed by atoms with E-state index in [0.29, 0.717) is 19.2 Å². The maximum absolute atomic E-state index is 11.5. The van der Waals surface area contributed by atoms with E-state index in [9.17, 15) is 4.79 Å². The number of oxazole rings is 1. The van der Waals surface area contributed by atoms with Crippen molar-refractivity contribution < 1.29 is 13.9 Å². The van der Waals surface area contributed by atoms with E-state index in [0.717, 1.165) is 11.1 Å². The minimum absolute atomic E-state index is 0.150. The molecule has 5 nitrogen and oxygen atoms in total. The van der Waals surface area contributed by atoms with Gasteiger partial charge in [-0.2, -0.15) is 4.98 Å². The van der Waals surface area contributed by atoms with Gasteiger partial charge >= 0.3 is 5.97 Å². The van der Waals surface area contributed by atoms with Gasteiger partial charge in [0.25, 0.3) is 6.01 Å². The smallest absolute Gasteiger partial charge is 0.325 e. The van der Waals surface area contributed by atoms with Crippen LogP contribution in [-0.2, 0) is 9.53 Å². The van der Waals surface area contributed by atoms with Crippen LogP contribution in [0.2, 0.25) is 0 Å². The van der Waals surface area contributed by atoms with E-state index < -0.39 is 0 Å². The lowest BCUT2D eigenvalue weighted by molar-refractivity contribution is -0.141. The van der Waals surface area contributed by atoms with Gasteiger partial charge in [0.05, 0.1) is 6.61 Å². The Morgan fingerprint density at radius 3 is 2.83 bits per heavy atom. The van der Waals surface area contributed by atoms with Crippen LogP contribution in [0.4, 0.5) is 6.01 Å². The number of esters is 1. The number of hydrogen-bond acceptors (Lipinski definition) is 5. The summed E-state index contributed by atoms with van der Waals surface area (Å²) in [6.45, 7) is 4.88. The SMILES string of the molecule is CCOC(=O)CN(CC)c1nc2ccccc2o1. The number of aromatic nitrogens is 1. The van der Waals surface area contributed by atoms with E-state index in [1.54, 1.807) is 11.8 Å². The summed E-state index contributed by atoms with van der Waals surface area (Å²) < 4.78 is 10.5. The Morgan fingerprint density at radius 2 is 2.17 bits per heavy atom. The number of rotatable bonds is 5. The highest BCUT2D eigenvalue weighted by Crippen LogP contribution is 2.21. The van der Waals surface area contributed by atoms with Gasteiger partial charge < -0.3 is 14.1 Å². The fraction of sp³-hybridized carbons (Fsp3) is 0.385. The lowest BCUT2D eigenvalue weighted by atomic mass is 10.3. The molecule has 0 aliphatic carbocycles. The van der Waals surface area contributed by atoms with Gasteiger partial charge in [0, 0.05) is 6.54 Å². The van der Waals surface area contributed by atoms with Gasteiger partial charge in [-0.05, 0) is 26.0 Å². The number of benzene rings is 1. The Kier molecular flexibility index (Phi) is 3.82. The van der Waals surface area contributed by atoms with Gasteiger partial charge in [0.2, 0.25) is 0 Å². The standard InChI is InChI=1S/C13H16N2O3/c1-3-15(9-12(16)17-4-2)13-14-10-7-5-6-8-11(10)18-13/h5-8H,3-4,9H2,1-2H3. The third-order valence-corrected chi connectivity index (χ3v) is 2.56. The number of ether oxygens (including phenoxy) is 1. The number of anilines is 1. The molecule has 0 amide bonds. The van der Waals surface area contributed by atoms with Crippen LogP contribution in [0.3, 0.4) is 0 Å². The van der Waals surface area contributed by atoms with Gasteiger partial charge in [-0.3, -0.25) is 4.79 Å². The molecule has 0 fully saturated rings. The molecule has 0 spiro atoms. The molecular weight excluding hydrogens is 232 g/mol. The number of fused-ring (bicyclic) bond motifs is 1. The van der Waals surface area contributed by atoms with Gasteiger partial charge in [-0.25, -0.2) is 0 Å². The first kappa shape index (κ1) is 12.4. The number of hydrogen-bond donors (Lipinski definition) is 0. The monoisotopic (exact) mass is 248 g/mol. The zero-order valence-corrected chi connectivity index (χ0v) is 10.5. The Bertz CT molecular complexity index is 503. The van der Waals surface area contributed by atoms with Crippen molar-refractivity contribution in [2.45, 2.75) is 13.8 Å². The van der Waals surface area contributed by atoms with Crippen LogP contribution in [0, 0.1) is 0 Å². The summed E-state index contributed by atoms with van der Waals surface area (Å²) in [4.78, 5) is 17.6. The first-order valence-corrected chi connectivity index (χ1v) is 6.00. The lowest BCUT2D eigenvalue weighted by Crippen LogP contribution is -2.31.